The Kier molecular flexibility index (Phi) is 3.11. The van der Waals surface area contributed by atoms with Crippen LogP contribution in [-0.4, -0.2) is 11.8 Å². The fourth-order valence-electron chi connectivity index (χ4n) is 1.57. The molecule has 1 heterocycles. The third-order valence-electron chi connectivity index (χ3n) is 2.60. The van der Waals surface area contributed by atoms with E-state index >= 15 is 0 Å². The number of Topliss-reactive ketones (excluding diaryl/α,β-unsaturated/α-hetero) is 1. The number of hydrogen-bond acceptors (Lipinski definition) is 3. The largest absolute Gasteiger partial charge is 0.453 e. The first kappa shape index (κ1) is 11.6. The summed E-state index contributed by atoms with van der Waals surface area (Å²) in [7, 11) is 0. The smallest absolute Gasteiger partial charge is 0.214 e. The Bertz CT molecular complexity index is 523. The predicted octanol–water partition coefficient (Wildman–Crippen LogP) is 2.78. The van der Waals surface area contributed by atoms with Crippen molar-refractivity contribution in [2.45, 2.75) is 19.9 Å². The van der Waals surface area contributed by atoms with Gasteiger partial charge in [-0.25, -0.2) is 0 Å². The lowest BCUT2D eigenvalue weighted by Crippen LogP contribution is -2.26. The molecule has 2 aromatic rings. The van der Waals surface area contributed by atoms with E-state index < -0.39 is 6.04 Å². The molecule has 0 amide bonds. The Hall–Kier alpha value is -1.87. The average molecular weight is 229 g/mol. The van der Waals surface area contributed by atoms with Crippen LogP contribution in [0.4, 0.5) is 0 Å². The molecule has 1 aromatic carbocycles. The van der Waals surface area contributed by atoms with E-state index in [1.165, 1.54) is 5.56 Å². The molecule has 0 radical (unpaired) electrons. The van der Waals surface area contributed by atoms with Crippen molar-refractivity contribution in [3.05, 3.63) is 47.7 Å². The predicted molar refractivity (Wildman–Crippen MR) is 66.9 cm³/mol. The van der Waals surface area contributed by atoms with Crippen molar-refractivity contribution < 1.29 is 9.21 Å². The van der Waals surface area contributed by atoms with Crippen molar-refractivity contribution in [3.63, 3.8) is 0 Å². The lowest BCUT2D eigenvalue weighted by atomic mass is 10.1. The SMILES string of the molecule is Cc1ccc(-c2ccc(C(=O)C(C)N)o2)cc1. The van der Waals surface area contributed by atoms with Crippen LogP contribution in [-0.2, 0) is 0 Å². The Morgan fingerprint density at radius 2 is 1.82 bits per heavy atom. The molecular weight excluding hydrogens is 214 g/mol. The number of nitrogens with two attached hydrogens (primary N) is 1. The van der Waals surface area contributed by atoms with Gasteiger partial charge in [-0.1, -0.05) is 29.8 Å². The number of ketones is 1. The fourth-order valence-corrected chi connectivity index (χ4v) is 1.57. The first-order valence-corrected chi connectivity index (χ1v) is 5.54. The van der Waals surface area contributed by atoms with E-state index in [0.29, 0.717) is 11.5 Å². The van der Waals surface area contributed by atoms with E-state index in [1.54, 1.807) is 19.1 Å². The quantitative estimate of drug-likeness (QED) is 0.823. The summed E-state index contributed by atoms with van der Waals surface area (Å²) in [6.45, 7) is 3.67. The minimum absolute atomic E-state index is 0.177. The molecule has 2 rings (SSSR count). The average Bonchev–Trinajstić information content (AvgIpc) is 2.78. The molecule has 3 heteroatoms. The minimum atomic E-state index is -0.535. The molecule has 2 N–H and O–H groups in total. The van der Waals surface area contributed by atoms with Gasteiger partial charge >= 0.3 is 0 Å². The van der Waals surface area contributed by atoms with Gasteiger partial charge in [0.25, 0.3) is 0 Å². The van der Waals surface area contributed by atoms with Gasteiger partial charge in [0.1, 0.15) is 5.76 Å². The van der Waals surface area contributed by atoms with Gasteiger partial charge in [0.2, 0.25) is 5.78 Å². The topological polar surface area (TPSA) is 56.2 Å². The van der Waals surface area contributed by atoms with Crippen LogP contribution in [0, 0.1) is 6.92 Å². The molecule has 3 nitrogen and oxygen atoms in total. The van der Waals surface area contributed by atoms with Crippen LogP contribution in [0.25, 0.3) is 11.3 Å². The number of benzene rings is 1. The Balaban J connectivity index is 2.30. The molecule has 0 saturated heterocycles. The molecule has 1 atom stereocenters. The van der Waals surface area contributed by atoms with E-state index in [1.807, 2.05) is 31.2 Å². The maximum Gasteiger partial charge on any atom is 0.214 e. The number of hydrogen-bond donors (Lipinski definition) is 1. The highest BCUT2D eigenvalue weighted by Crippen LogP contribution is 2.22. The molecule has 0 saturated carbocycles. The molecule has 1 aromatic heterocycles. The summed E-state index contributed by atoms with van der Waals surface area (Å²) in [5.74, 6) is 0.827. The van der Waals surface area contributed by atoms with Gasteiger partial charge in [0.05, 0.1) is 6.04 Å². The molecule has 0 aliphatic carbocycles. The maximum absolute atomic E-state index is 11.6. The van der Waals surface area contributed by atoms with Gasteiger partial charge in [-0.2, -0.15) is 0 Å². The van der Waals surface area contributed by atoms with Crippen LogP contribution >= 0.6 is 0 Å². The highest BCUT2D eigenvalue weighted by Gasteiger charge is 2.15. The number of carbonyl (C=O) groups excluding carboxylic acids is 1. The summed E-state index contributed by atoms with van der Waals surface area (Å²) in [5, 5.41) is 0. The number of rotatable bonds is 3. The van der Waals surface area contributed by atoms with Crippen LogP contribution in [0.15, 0.2) is 40.8 Å². The van der Waals surface area contributed by atoms with Crippen molar-refractivity contribution >= 4 is 5.78 Å². The van der Waals surface area contributed by atoms with Gasteiger partial charge in [0, 0.05) is 5.56 Å². The molecule has 1 unspecified atom stereocenters. The van der Waals surface area contributed by atoms with E-state index in [2.05, 4.69) is 0 Å². The van der Waals surface area contributed by atoms with Gasteiger partial charge in [0.15, 0.2) is 5.76 Å². The zero-order valence-electron chi connectivity index (χ0n) is 9.94. The second-order valence-electron chi connectivity index (χ2n) is 4.18. The summed E-state index contributed by atoms with van der Waals surface area (Å²) < 4.78 is 5.50. The summed E-state index contributed by atoms with van der Waals surface area (Å²) in [4.78, 5) is 11.6. The third-order valence-corrected chi connectivity index (χ3v) is 2.60. The zero-order valence-corrected chi connectivity index (χ0v) is 9.94. The third kappa shape index (κ3) is 2.45. The van der Waals surface area contributed by atoms with E-state index in [-0.39, 0.29) is 5.78 Å². The normalized spacial score (nSPS) is 12.4. The summed E-state index contributed by atoms with van der Waals surface area (Å²) >= 11 is 0. The first-order valence-electron chi connectivity index (χ1n) is 5.54. The molecular formula is C14H15NO2. The Morgan fingerprint density at radius 3 is 2.41 bits per heavy atom. The molecule has 0 spiro atoms. The second kappa shape index (κ2) is 4.55. The van der Waals surface area contributed by atoms with E-state index in [9.17, 15) is 4.79 Å². The maximum atomic E-state index is 11.6. The highest BCUT2D eigenvalue weighted by atomic mass is 16.3. The summed E-state index contributed by atoms with van der Waals surface area (Å²) in [6.07, 6.45) is 0. The number of furan rings is 1. The van der Waals surface area contributed by atoms with Crippen LogP contribution in [0.2, 0.25) is 0 Å². The number of aryl methyl sites for hydroxylation is 1. The zero-order chi connectivity index (χ0) is 12.4. The van der Waals surface area contributed by atoms with Crippen molar-refractivity contribution in [1.82, 2.24) is 0 Å². The standard InChI is InChI=1S/C14H15NO2/c1-9-3-5-11(6-4-9)12-7-8-13(17-12)14(16)10(2)15/h3-8,10H,15H2,1-2H3. The van der Waals surface area contributed by atoms with Crippen molar-refractivity contribution in [3.8, 4) is 11.3 Å². The Labute approximate surface area is 100 Å². The number of carbonyl (C=O) groups is 1. The van der Waals surface area contributed by atoms with Crippen LogP contribution in [0.1, 0.15) is 23.0 Å². The molecule has 88 valence electrons. The summed E-state index contributed by atoms with van der Waals surface area (Å²) in [6, 6.07) is 10.9. The first-order chi connectivity index (χ1) is 8.08. The van der Waals surface area contributed by atoms with Crippen LogP contribution < -0.4 is 5.73 Å². The second-order valence-corrected chi connectivity index (χ2v) is 4.18. The van der Waals surface area contributed by atoms with Gasteiger partial charge in [-0.05, 0) is 26.0 Å². The van der Waals surface area contributed by atoms with E-state index in [4.69, 9.17) is 10.2 Å². The van der Waals surface area contributed by atoms with Crippen molar-refractivity contribution in [2.24, 2.45) is 5.73 Å². The highest BCUT2D eigenvalue weighted by molar-refractivity contribution is 5.97. The molecule has 0 fully saturated rings. The lowest BCUT2D eigenvalue weighted by Gasteiger charge is -2.00. The molecule has 17 heavy (non-hydrogen) atoms. The molecule has 0 aliphatic heterocycles. The summed E-state index contributed by atoms with van der Waals surface area (Å²) in [5.41, 5.74) is 7.67. The molecule has 0 aliphatic rings. The van der Waals surface area contributed by atoms with Crippen LogP contribution in [0.3, 0.4) is 0 Å². The van der Waals surface area contributed by atoms with Gasteiger partial charge < -0.3 is 10.2 Å². The van der Waals surface area contributed by atoms with E-state index in [0.717, 1.165) is 5.56 Å². The lowest BCUT2D eigenvalue weighted by molar-refractivity contribution is 0.0941. The van der Waals surface area contributed by atoms with Gasteiger partial charge in [-0.3, -0.25) is 4.79 Å². The van der Waals surface area contributed by atoms with Crippen LogP contribution in [0.5, 0.6) is 0 Å². The molecule has 0 bridgehead atoms. The Morgan fingerprint density at radius 1 is 1.18 bits per heavy atom. The van der Waals surface area contributed by atoms with Gasteiger partial charge in [-0.15, -0.1) is 0 Å². The van der Waals surface area contributed by atoms with Crippen molar-refractivity contribution in [2.75, 3.05) is 0 Å². The minimum Gasteiger partial charge on any atom is -0.453 e. The van der Waals surface area contributed by atoms with Crippen molar-refractivity contribution in [1.29, 1.82) is 0 Å². The monoisotopic (exact) mass is 229 g/mol. The fraction of sp³-hybridized carbons (Fsp3) is 0.214.